The van der Waals surface area contributed by atoms with E-state index in [1.165, 1.54) is 0 Å². The first-order valence-corrected chi connectivity index (χ1v) is 8.35. The topological polar surface area (TPSA) is 54.0 Å². The first kappa shape index (κ1) is 17.7. The fraction of sp³-hybridized carbons (Fsp3) is 0.938. The molecule has 2 rings (SSSR count). The van der Waals surface area contributed by atoms with E-state index in [0.29, 0.717) is 18.0 Å². The molecule has 1 N–H and O–H groups in total. The molecule has 2 aliphatic rings. The number of likely N-dealkylation sites (N-methyl/N-ethyl adjacent to an activating group) is 1. The number of likely N-dealkylation sites (tertiary alicyclic amines) is 1. The van der Waals surface area contributed by atoms with Crippen LogP contribution in [0.25, 0.3) is 0 Å². The van der Waals surface area contributed by atoms with E-state index in [2.05, 4.69) is 29.2 Å². The number of ether oxygens (including phenoxy) is 2. The minimum atomic E-state index is -0.0214. The van der Waals surface area contributed by atoms with Crippen LogP contribution in [0, 0.1) is 5.92 Å². The lowest BCUT2D eigenvalue weighted by Gasteiger charge is -2.45. The van der Waals surface area contributed by atoms with Crippen molar-refractivity contribution in [1.82, 2.24) is 15.1 Å². The van der Waals surface area contributed by atoms with Gasteiger partial charge >= 0.3 is 0 Å². The van der Waals surface area contributed by atoms with Crippen LogP contribution in [-0.2, 0) is 14.3 Å². The Morgan fingerprint density at radius 3 is 2.68 bits per heavy atom. The van der Waals surface area contributed by atoms with Crippen LogP contribution in [0.15, 0.2) is 0 Å². The Morgan fingerprint density at radius 2 is 2.05 bits per heavy atom. The molecule has 6 nitrogen and oxygen atoms in total. The average Bonchev–Trinajstić information content (AvgIpc) is 2.54. The monoisotopic (exact) mass is 313 g/mol. The highest BCUT2D eigenvalue weighted by atomic mass is 16.5. The minimum Gasteiger partial charge on any atom is -0.381 e. The molecule has 0 spiro atoms. The lowest BCUT2D eigenvalue weighted by Crippen LogP contribution is -2.56. The molecule has 2 heterocycles. The first-order chi connectivity index (χ1) is 10.6. The molecule has 0 bridgehead atoms. The van der Waals surface area contributed by atoms with E-state index in [1.54, 1.807) is 7.11 Å². The summed E-state index contributed by atoms with van der Waals surface area (Å²) in [7, 11) is 5.83. The lowest BCUT2D eigenvalue weighted by molar-refractivity contribution is -0.125. The summed E-state index contributed by atoms with van der Waals surface area (Å²) < 4.78 is 10.3. The number of carbonyl (C=O) groups excluding carboxylic acids is 1. The Balaban J connectivity index is 1.86. The fourth-order valence-corrected chi connectivity index (χ4v) is 3.64. The molecule has 2 atom stereocenters. The van der Waals surface area contributed by atoms with Crippen molar-refractivity contribution in [2.75, 3.05) is 60.7 Å². The van der Waals surface area contributed by atoms with E-state index >= 15 is 0 Å². The second-order valence-electron chi connectivity index (χ2n) is 6.66. The van der Waals surface area contributed by atoms with Crippen LogP contribution in [0.1, 0.15) is 19.3 Å². The van der Waals surface area contributed by atoms with Gasteiger partial charge in [0.05, 0.1) is 0 Å². The molecule has 0 unspecified atom stereocenters. The second-order valence-corrected chi connectivity index (χ2v) is 6.66. The van der Waals surface area contributed by atoms with E-state index in [9.17, 15) is 4.79 Å². The van der Waals surface area contributed by atoms with Gasteiger partial charge in [-0.25, -0.2) is 0 Å². The van der Waals surface area contributed by atoms with Gasteiger partial charge in [0.1, 0.15) is 6.61 Å². The van der Waals surface area contributed by atoms with Gasteiger partial charge in [-0.2, -0.15) is 0 Å². The molecule has 0 saturated carbocycles. The predicted molar refractivity (Wildman–Crippen MR) is 85.9 cm³/mol. The zero-order valence-electron chi connectivity index (χ0n) is 14.2. The van der Waals surface area contributed by atoms with Crippen LogP contribution in [0.3, 0.4) is 0 Å². The molecule has 2 aliphatic heterocycles. The summed E-state index contributed by atoms with van der Waals surface area (Å²) in [6, 6.07) is 1.15. The van der Waals surface area contributed by atoms with Crippen molar-refractivity contribution in [3.8, 4) is 0 Å². The lowest BCUT2D eigenvalue weighted by atomic mass is 9.89. The Hall–Kier alpha value is -0.690. The molecule has 1 amide bonds. The van der Waals surface area contributed by atoms with Gasteiger partial charge in [-0.3, -0.25) is 9.69 Å². The summed E-state index contributed by atoms with van der Waals surface area (Å²) >= 11 is 0. The molecular weight excluding hydrogens is 282 g/mol. The van der Waals surface area contributed by atoms with Gasteiger partial charge in [-0.1, -0.05) is 0 Å². The Kier molecular flexibility index (Phi) is 7.08. The molecule has 0 radical (unpaired) electrons. The molecule has 2 fully saturated rings. The maximum atomic E-state index is 11.6. The number of amides is 1. The van der Waals surface area contributed by atoms with Gasteiger partial charge in [0.15, 0.2) is 0 Å². The van der Waals surface area contributed by atoms with Crippen LogP contribution in [0.4, 0.5) is 0 Å². The largest absolute Gasteiger partial charge is 0.381 e. The van der Waals surface area contributed by atoms with Crippen LogP contribution in [0.5, 0.6) is 0 Å². The normalized spacial score (nSPS) is 28.0. The predicted octanol–water partition coefficient (Wildman–Crippen LogP) is 0.180. The van der Waals surface area contributed by atoms with Gasteiger partial charge < -0.3 is 19.7 Å². The van der Waals surface area contributed by atoms with Crippen molar-refractivity contribution >= 4 is 5.91 Å². The number of rotatable bonds is 6. The van der Waals surface area contributed by atoms with Crippen molar-refractivity contribution < 1.29 is 14.3 Å². The average molecular weight is 313 g/mol. The molecule has 6 heteroatoms. The van der Waals surface area contributed by atoms with Crippen LogP contribution < -0.4 is 5.32 Å². The number of hydrogen-bond acceptors (Lipinski definition) is 5. The van der Waals surface area contributed by atoms with E-state index < -0.39 is 0 Å². The van der Waals surface area contributed by atoms with Crippen molar-refractivity contribution in [1.29, 1.82) is 0 Å². The van der Waals surface area contributed by atoms with Gasteiger partial charge in [0.25, 0.3) is 0 Å². The van der Waals surface area contributed by atoms with Crippen LogP contribution >= 0.6 is 0 Å². The SMILES string of the molecule is COCC(=O)NC[C@H]1CCN(C2CCOCC2)C[C@H]1N(C)C. The summed E-state index contributed by atoms with van der Waals surface area (Å²) in [6.45, 7) is 4.89. The van der Waals surface area contributed by atoms with E-state index in [4.69, 9.17) is 9.47 Å². The maximum absolute atomic E-state index is 11.6. The van der Waals surface area contributed by atoms with Gasteiger partial charge in [-0.05, 0) is 45.8 Å². The number of nitrogens with one attached hydrogen (secondary N) is 1. The molecule has 0 aliphatic carbocycles. The number of carbonyl (C=O) groups is 1. The highest BCUT2D eigenvalue weighted by Crippen LogP contribution is 2.25. The second kappa shape index (κ2) is 8.82. The smallest absolute Gasteiger partial charge is 0.245 e. The summed E-state index contributed by atoms with van der Waals surface area (Å²) in [5.74, 6) is 0.485. The third kappa shape index (κ3) is 4.91. The number of piperidine rings is 1. The zero-order chi connectivity index (χ0) is 15.9. The molecule has 0 aromatic carbocycles. The van der Waals surface area contributed by atoms with Crippen molar-refractivity contribution in [3.05, 3.63) is 0 Å². The Morgan fingerprint density at radius 1 is 1.32 bits per heavy atom. The van der Waals surface area contributed by atoms with Crippen LogP contribution in [-0.4, -0.2) is 88.5 Å². The zero-order valence-corrected chi connectivity index (χ0v) is 14.2. The third-order valence-corrected chi connectivity index (χ3v) is 4.96. The summed E-state index contributed by atoms with van der Waals surface area (Å²) in [6.07, 6.45) is 3.43. The number of hydrogen-bond donors (Lipinski definition) is 1. The molecule has 128 valence electrons. The summed E-state index contributed by atoms with van der Waals surface area (Å²) in [4.78, 5) is 16.5. The molecule has 22 heavy (non-hydrogen) atoms. The quantitative estimate of drug-likeness (QED) is 0.758. The first-order valence-electron chi connectivity index (χ1n) is 8.35. The minimum absolute atomic E-state index is 0.0214. The highest BCUT2D eigenvalue weighted by Gasteiger charge is 2.34. The third-order valence-electron chi connectivity index (χ3n) is 4.96. The Labute approximate surface area is 134 Å². The Bertz CT molecular complexity index is 346. The highest BCUT2D eigenvalue weighted by molar-refractivity contribution is 5.77. The van der Waals surface area contributed by atoms with Gasteiger partial charge in [0, 0.05) is 45.5 Å². The molecular formula is C16H31N3O3. The van der Waals surface area contributed by atoms with Gasteiger partial charge in [-0.15, -0.1) is 0 Å². The van der Waals surface area contributed by atoms with E-state index in [-0.39, 0.29) is 12.5 Å². The number of nitrogens with zero attached hydrogens (tertiary/aromatic N) is 2. The summed E-state index contributed by atoms with van der Waals surface area (Å²) in [5, 5.41) is 3.00. The maximum Gasteiger partial charge on any atom is 0.245 e. The van der Waals surface area contributed by atoms with E-state index in [1.807, 2.05) is 0 Å². The summed E-state index contributed by atoms with van der Waals surface area (Å²) in [5.41, 5.74) is 0. The number of methoxy groups -OCH3 is 1. The molecule has 0 aromatic heterocycles. The van der Waals surface area contributed by atoms with Crippen molar-refractivity contribution in [2.24, 2.45) is 5.92 Å². The van der Waals surface area contributed by atoms with E-state index in [0.717, 1.165) is 52.1 Å². The van der Waals surface area contributed by atoms with Crippen molar-refractivity contribution in [3.63, 3.8) is 0 Å². The van der Waals surface area contributed by atoms with Gasteiger partial charge in [0.2, 0.25) is 5.91 Å². The fourth-order valence-electron chi connectivity index (χ4n) is 3.64. The van der Waals surface area contributed by atoms with Crippen molar-refractivity contribution in [2.45, 2.75) is 31.3 Å². The van der Waals surface area contributed by atoms with Crippen LogP contribution in [0.2, 0.25) is 0 Å². The standard InChI is InChI=1S/C16H31N3O3/c1-18(2)15-11-19(14-5-8-22-9-6-14)7-4-13(15)10-17-16(20)12-21-3/h13-15H,4-12H2,1-3H3,(H,17,20)/t13-,15-/m1/s1. The molecule has 0 aromatic rings. The molecule has 2 saturated heterocycles.